The van der Waals surface area contributed by atoms with Crippen LogP contribution in [0.1, 0.15) is 10.6 Å². The summed E-state index contributed by atoms with van der Waals surface area (Å²) in [5.41, 5.74) is 1.47. The Balaban J connectivity index is 1.49. The minimum atomic E-state index is -3.82. The van der Waals surface area contributed by atoms with Crippen LogP contribution in [0, 0.1) is 0 Å². The highest BCUT2D eigenvalue weighted by atomic mass is 35.5. The molecule has 1 amide bonds. The van der Waals surface area contributed by atoms with Crippen LogP contribution < -0.4 is 0 Å². The van der Waals surface area contributed by atoms with Gasteiger partial charge >= 0.3 is 5.97 Å². The van der Waals surface area contributed by atoms with Crippen LogP contribution in [-0.2, 0) is 32.6 Å². The van der Waals surface area contributed by atoms with Gasteiger partial charge in [0.15, 0.2) is 0 Å². The molecule has 1 saturated heterocycles. The first-order valence-electron chi connectivity index (χ1n) is 9.39. The SMILES string of the molecule is O=C(O)C1CN(S(=O)(=O)CCc2ccc(Cl)s2)CC(=O)N1Cc1cc2cnccc2[nH]1. The van der Waals surface area contributed by atoms with Gasteiger partial charge in [0.05, 0.1) is 23.2 Å². The number of hydrogen-bond donors (Lipinski definition) is 2. The molecule has 0 bridgehead atoms. The van der Waals surface area contributed by atoms with E-state index in [9.17, 15) is 23.1 Å². The van der Waals surface area contributed by atoms with Gasteiger partial charge in [-0.1, -0.05) is 11.6 Å². The predicted molar refractivity (Wildman–Crippen MR) is 116 cm³/mol. The summed E-state index contributed by atoms with van der Waals surface area (Å²) in [7, 11) is -3.82. The molecule has 0 aromatic carbocycles. The number of carbonyl (C=O) groups excluding carboxylic acids is 1. The number of H-pyrrole nitrogens is 1. The lowest BCUT2D eigenvalue weighted by Crippen LogP contribution is -2.60. The van der Waals surface area contributed by atoms with E-state index in [0.717, 1.165) is 20.1 Å². The topological polar surface area (TPSA) is 124 Å². The van der Waals surface area contributed by atoms with Crippen molar-refractivity contribution in [1.82, 2.24) is 19.2 Å². The summed E-state index contributed by atoms with van der Waals surface area (Å²) in [4.78, 5) is 33.8. The van der Waals surface area contributed by atoms with E-state index >= 15 is 0 Å². The summed E-state index contributed by atoms with van der Waals surface area (Å²) in [6.07, 6.45) is 3.54. The number of carbonyl (C=O) groups is 2. The van der Waals surface area contributed by atoms with Crippen molar-refractivity contribution in [2.24, 2.45) is 0 Å². The molecule has 2 N–H and O–H groups in total. The summed E-state index contributed by atoms with van der Waals surface area (Å²) >= 11 is 7.17. The molecular formula is C19H19ClN4O5S2. The van der Waals surface area contributed by atoms with Gasteiger partial charge < -0.3 is 15.0 Å². The number of sulfonamides is 1. The maximum absolute atomic E-state index is 12.8. The van der Waals surface area contributed by atoms with Gasteiger partial charge in [-0.15, -0.1) is 11.3 Å². The lowest BCUT2D eigenvalue weighted by Gasteiger charge is -2.38. The average molecular weight is 483 g/mol. The van der Waals surface area contributed by atoms with E-state index in [-0.39, 0.29) is 31.8 Å². The zero-order valence-corrected chi connectivity index (χ0v) is 18.6. The van der Waals surface area contributed by atoms with Crippen LogP contribution in [0.4, 0.5) is 0 Å². The molecule has 12 heteroatoms. The average Bonchev–Trinajstić information content (AvgIpc) is 3.32. The molecule has 1 unspecified atom stereocenters. The third-order valence-electron chi connectivity index (χ3n) is 5.12. The third kappa shape index (κ3) is 4.74. The maximum Gasteiger partial charge on any atom is 0.327 e. The van der Waals surface area contributed by atoms with E-state index < -0.39 is 27.9 Å². The summed E-state index contributed by atoms with van der Waals surface area (Å²) in [5, 5.41) is 10.5. The minimum absolute atomic E-state index is 0.0338. The molecule has 0 radical (unpaired) electrons. The smallest absolute Gasteiger partial charge is 0.327 e. The number of hydrogen-bond acceptors (Lipinski definition) is 6. The molecule has 9 nitrogen and oxygen atoms in total. The molecule has 3 aromatic rings. The number of rotatable bonds is 7. The molecule has 1 aliphatic rings. The molecule has 4 rings (SSSR count). The number of halogens is 1. The van der Waals surface area contributed by atoms with Gasteiger partial charge in [-0.25, -0.2) is 13.2 Å². The highest BCUT2D eigenvalue weighted by Crippen LogP contribution is 2.24. The molecule has 31 heavy (non-hydrogen) atoms. The van der Waals surface area contributed by atoms with Crippen molar-refractivity contribution >= 4 is 55.7 Å². The Kier molecular flexibility index (Phi) is 6.02. The van der Waals surface area contributed by atoms with Crippen molar-refractivity contribution in [3.8, 4) is 0 Å². The number of pyridine rings is 1. The Morgan fingerprint density at radius 1 is 1.35 bits per heavy atom. The van der Waals surface area contributed by atoms with E-state index in [1.165, 1.54) is 16.2 Å². The lowest BCUT2D eigenvalue weighted by atomic mass is 10.1. The van der Waals surface area contributed by atoms with Gasteiger partial charge in [0.25, 0.3) is 0 Å². The molecule has 4 heterocycles. The van der Waals surface area contributed by atoms with Gasteiger partial charge in [0, 0.05) is 40.4 Å². The van der Waals surface area contributed by atoms with Crippen LogP contribution in [0.5, 0.6) is 0 Å². The zero-order valence-electron chi connectivity index (χ0n) is 16.2. The number of nitrogens with zero attached hydrogens (tertiary/aromatic N) is 3. The van der Waals surface area contributed by atoms with Crippen molar-refractivity contribution in [3.05, 3.63) is 51.6 Å². The van der Waals surface area contributed by atoms with Crippen LogP contribution in [0.2, 0.25) is 4.34 Å². The summed E-state index contributed by atoms with van der Waals surface area (Å²) in [6.45, 7) is -0.651. The highest BCUT2D eigenvalue weighted by Gasteiger charge is 2.41. The molecule has 1 atom stereocenters. The van der Waals surface area contributed by atoms with Crippen molar-refractivity contribution in [1.29, 1.82) is 0 Å². The number of piperazine rings is 1. The van der Waals surface area contributed by atoms with Gasteiger partial charge in [0.1, 0.15) is 6.04 Å². The van der Waals surface area contributed by atoms with E-state index in [0.29, 0.717) is 10.0 Å². The summed E-state index contributed by atoms with van der Waals surface area (Å²) in [5.74, 6) is -2.03. The van der Waals surface area contributed by atoms with Gasteiger partial charge in [-0.2, -0.15) is 4.31 Å². The standard InChI is InChI=1S/C19H19ClN4O5S2/c20-17-2-1-14(30-17)4-6-31(28,29)23-10-16(19(26)27)24(18(25)11-23)9-13-7-12-8-21-5-3-15(12)22-13/h1-3,5,7-8,16,22H,4,6,9-11H2,(H,26,27). The van der Waals surface area contributed by atoms with Crippen LogP contribution >= 0.6 is 22.9 Å². The zero-order chi connectivity index (χ0) is 22.2. The summed E-state index contributed by atoms with van der Waals surface area (Å²) in [6, 6.07) is 5.74. The van der Waals surface area contributed by atoms with E-state index in [1.807, 2.05) is 0 Å². The Bertz CT molecular complexity index is 1210. The number of aryl methyl sites for hydroxylation is 1. The first kappa shape index (κ1) is 21.8. The Hall–Kier alpha value is -2.47. The fraction of sp³-hybridized carbons (Fsp3) is 0.316. The number of aliphatic carboxylic acids is 1. The van der Waals surface area contributed by atoms with Crippen LogP contribution in [0.3, 0.4) is 0 Å². The predicted octanol–water partition coefficient (Wildman–Crippen LogP) is 1.95. The number of amides is 1. The number of carboxylic acids is 1. The van der Waals surface area contributed by atoms with E-state index in [4.69, 9.17) is 11.6 Å². The molecular weight excluding hydrogens is 464 g/mol. The molecule has 1 aliphatic heterocycles. The highest BCUT2D eigenvalue weighted by molar-refractivity contribution is 7.89. The number of aromatic nitrogens is 2. The molecule has 0 saturated carbocycles. The van der Waals surface area contributed by atoms with Gasteiger partial charge in [-0.05, 0) is 30.7 Å². The van der Waals surface area contributed by atoms with Crippen molar-refractivity contribution in [3.63, 3.8) is 0 Å². The van der Waals surface area contributed by atoms with E-state index in [2.05, 4.69) is 9.97 Å². The number of carboxylic acid groups (broad SMARTS) is 1. The molecule has 3 aromatic heterocycles. The number of nitrogens with one attached hydrogen (secondary N) is 1. The molecule has 164 valence electrons. The van der Waals surface area contributed by atoms with Gasteiger partial charge in [0.2, 0.25) is 15.9 Å². The molecule has 1 fully saturated rings. The Labute approximate surface area is 187 Å². The van der Waals surface area contributed by atoms with Crippen molar-refractivity contribution in [2.75, 3.05) is 18.8 Å². The fourth-order valence-electron chi connectivity index (χ4n) is 3.54. The number of aromatic amines is 1. The van der Waals surface area contributed by atoms with Crippen molar-refractivity contribution in [2.45, 2.75) is 19.0 Å². The van der Waals surface area contributed by atoms with E-state index in [1.54, 1.807) is 36.7 Å². The second kappa shape index (κ2) is 8.58. The fourth-order valence-corrected chi connectivity index (χ4v) is 6.17. The second-order valence-electron chi connectivity index (χ2n) is 7.20. The van der Waals surface area contributed by atoms with Crippen LogP contribution in [-0.4, -0.2) is 69.5 Å². The maximum atomic E-state index is 12.8. The quantitative estimate of drug-likeness (QED) is 0.530. The Morgan fingerprint density at radius 3 is 2.84 bits per heavy atom. The molecule has 0 aliphatic carbocycles. The van der Waals surface area contributed by atoms with Crippen molar-refractivity contribution < 1.29 is 23.1 Å². The lowest BCUT2D eigenvalue weighted by molar-refractivity contribution is -0.154. The largest absolute Gasteiger partial charge is 0.480 e. The molecule has 0 spiro atoms. The number of fused-ring (bicyclic) bond motifs is 1. The minimum Gasteiger partial charge on any atom is -0.480 e. The van der Waals surface area contributed by atoms with Gasteiger partial charge in [-0.3, -0.25) is 9.78 Å². The first-order valence-corrected chi connectivity index (χ1v) is 12.2. The second-order valence-corrected chi connectivity index (χ2v) is 11.1. The Morgan fingerprint density at radius 2 is 2.16 bits per heavy atom. The monoisotopic (exact) mass is 482 g/mol. The summed E-state index contributed by atoms with van der Waals surface area (Å²) < 4.78 is 27.1. The van der Waals surface area contributed by atoms with Crippen LogP contribution in [0.15, 0.2) is 36.7 Å². The third-order valence-corrected chi connectivity index (χ3v) is 8.19. The first-order chi connectivity index (χ1) is 14.7. The number of thiophene rings is 1. The normalized spacial score (nSPS) is 18.0. The van der Waals surface area contributed by atoms with Crippen LogP contribution in [0.25, 0.3) is 10.9 Å².